The Kier molecular flexibility index (Phi) is 8.92. The zero-order chi connectivity index (χ0) is 25.2. The summed E-state index contributed by atoms with van der Waals surface area (Å²) < 4.78 is 42.7. The normalized spacial score (nSPS) is 29.7. The number of hydrogen-bond acceptors (Lipinski definition) is 14. The lowest BCUT2D eigenvalue weighted by atomic mass is 10.0. The molecular formula is C14H25N3O14P2. The quantitative estimate of drug-likeness (QED) is 0.133. The zero-order valence-electron chi connectivity index (χ0n) is 17.0. The van der Waals surface area contributed by atoms with Gasteiger partial charge in [-0.15, -0.1) is 0 Å². The number of nitrogens with zero attached hydrogens (tertiary/aromatic N) is 2. The van der Waals surface area contributed by atoms with E-state index in [1.807, 2.05) is 0 Å². The second-order valence-electron chi connectivity index (χ2n) is 7.23. The number of aliphatic hydroxyl groups excluding tert-OH is 4. The molecule has 0 aromatic carbocycles. The number of aliphatic hydroxyl groups is 5. The maximum atomic E-state index is 12.0. The van der Waals surface area contributed by atoms with E-state index < -0.39 is 77.4 Å². The van der Waals surface area contributed by atoms with Gasteiger partial charge in [0, 0.05) is 6.20 Å². The Morgan fingerprint density at radius 3 is 2.45 bits per heavy atom. The fraction of sp³-hybridized carbons (Fsp3) is 0.714. The SMILES string of the molecule is C[C@](O)(CO)[C@@H](O)COP(=O)(O)OP(=O)(O)OC[C@H]1O[C@@H](n2ccc(N)nc2=O)[C@H](O)[C@@H]1O. The molecule has 2 rings (SSSR count). The van der Waals surface area contributed by atoms with E-state index in [1.165, 1.54) is 6.07 Å². The predicted molar refractivity (Wildman–Crippen MR) is 105 cm³/mol. The monoisotopic (exact) mass is 521 g/mol. The highest BCUT2D eigenvalue weighted by Crippen LogP contribution is 2.60. The maximum Gasteiger partial charge on any atom is 0.481 e. The molecule has 19 heteroatoms. The molecule has 2 heterocycles. The predicted octanol–water partition coefficient (Wildman–Crippen LogP) is -3.20. The van der Waals surface area contributed by atoms with Gasteiger partial charge in [0.1, 0.15) is 35.8 Å². The average Bonchev–Trinajstić information content (AvgIpc) is 2.98. The van der Waals surface area contributed by atoms with Crippen LogP contribution in [0.2, 0.25) is 0 Å². The minimum Gasteiger partial charge on any atom is -0.393 e. The molecule has 0 bridgehead atoms. The highest BCUT2D eigenvalue weighted by Gasteiger charge is 2.46. The van der Waals surface area contributed by atoms with Gasteiger partial charge in [-0.05, 0) is 13.0 Å². The Morgan fingerprint density at radius 1 is 1.27 bits per heavy atom. The maximum absolute atomic E-state index is 12.0. The van der Waals surface area contributed by atoms with Crippen molar-refractivity contribution in [2.75, 3.05) is 25.6 Å². The van der Waals surface area contributed by atoms with E-state index >= 15 is 0 Å². The second kappa shape index (κ2) is 10.5. The Bertz CT molecular complexity index is 973. The van der Waals surface area contributed by atoms with Gasteiger partial charge in [-0.25, -0.2) is 13.9 Å². The van der Waals surface area contributed by atoms with Crippen LogP contribution in [0.25, 0.3) is 0 Å². The van der Waals surface area contributed by atoms with Crippen molar-refractivity contribution in [1.29, 1.82) is 0 Å². The van der Waals surface area contributed by atoms with Crippen LogP contribution in [-0.4, -0.2) is 94.7 Å². The molecule has 0 radical (unpaired) electrons. The van der Waals surface area contributed by atoms with Crippen LogP contribution in [-0.2, 0) is 27.2 Å². The summed E-state index contributed by atoms with van der Waals surface area (Å²) in [4.78, 5) is 34.5. The minimum atomic E-state index is -5.33. The van der Waals surface area contributed by atoms with Crippen molar-refractivity contribution < 1.29 is 62.5 Å². The first-order valence-corrected chi connectivity index (χ1v) is 12.1. The summed E-state index contributed by atoms with van der Waals surface area (Å²) in [7, 11) is -10.6. The summed E-state index contributed by atoms with van der Waals surface area (Å²) in [6.07, 6.45) is -7.07. The molecule has 8 atom stereocenters. The summed E-state index contributed by atoms with van der Waals surface area (Å²) in [6.45, 7) is -1.94. The molecule has 1 aromatic rings. The van der Waals surface area contributed by atoms with Crippen LogP contribution in [0.4, 0.5) is 5.82 Å². The van der Waals surface area contributed by atoms with Crippen molar-refractivity contribution in [3.63, 3.8) is 0 Å². The van der Waals surface area contributed by atoms with Crippen molar-refractivity contribution in [3.8, 4) is 0 Å². The number of rotatable bonds is 11. The third kappa shape index (κ3) is 7.34. The lowest BCUT2D eigenvalue weighted by Crippen LogP contribution is -2.45. The van der Waals surface area contributed by atoms with Gasteiger partial charge in [0.15, 0.2) is 6.23 Å². The molecule has 0 saturated carbocycles. The molecule has 1 fully saturated rings. The number of aromatic nitrogens is 2. The smallest absolute Gasteiger partial charge is 0.393 e. The van der Waals surface area contributed by atoms with Crippen molar-refractivity contribution in [2.45, 2.75) is 43.2 Å². The molecule has 2 unspecified atom stereocenters. The number of hydrogen-bond donors (Lipinski definition) is 8. The molecule has 17 nitrogen and oxygen atoms in total. The van der Waals surface area contributed by atoms with E-state index in [-0.39, 0.29) is 5.82 Å². The summed E-state index contributed by atoms with van der Waals surface area (Å²) in [5.41, 5.74) is 2.35. The van der Waals surface area contributed by atoms with Crippen LogP contribution in [0, 0.1) is 0 Å². The first-order valence-electron chi connectivity index (χ1n) is 9.12. The van der Waals surface area contributed by atoms with Gasteiger partial charge >= 0.3 is 21.3 Å². The van der Waals surface area contributed by atoms with Crippen LogP contribution in [0.15, 0.2) is 17.1 Å². The van der Waals surface area contributed by atoms with Gasteiger partial charge in [-0.1, -0.05) is 0 Å². The fourth-order valence-electron chi connectivity index (χ4n) is 2.51. The number of nitrogens with two attached hydrogens (primary N) is 1. The Balaban J connectivity index is 1.96. The molecule has 1 aromatic heterocycles. The molecule has 33 heavy (non-hydrogen) atoms. The third-order valence-corrected chi connectivity index (χ3v) is 7.11. The first-order chi connectivity index (χ1) is 15.1. The summed E-state index contributed by atoms with van der Waals surface area (Å²) >= 11 is 0. The van der Waals surface area contributed by atoms with Crippen LogP contribution in [0.5, 0.6) is 0 Å². The highest BCUT2D eigenvalue weighted by molar-refractivity contribution is 7.61. The molecule has 1 aliphatic rings. The van der Waals surface area contributed by atoms with E-state index in [0.29, 0.717) is 0 Å². The standard InChI is InChI=1S/C14H25N3O14P2/c1-14(23,6-18)8(19)5-29-33(26,27)31-32(24,25)28-4-7-10(20)11(21)12(30-7)17-3-2-9(15)16-13(17)22/h2-3,7-8,10-12,18-21,23H,4-6H2,1H3,(H,24,25)(H,26,27)(H2,15,16,22)/t7-,8+,10-,11-,12-,14+/m1/s1. The van der Waals surface area contributed by atoms with E-state index in [9.17, 15) is 44.1 Å². The first kappa shape index (κ1) is 27.9. The van der Waals surface area contributed by atoms with Crippen LogP contribution in [0.1, 0.15) is 13.2 Å². The number of phosphoric acid groups is 2. The van der Waals surface area contributed by atoms with E-state index in [0.717, 1.165) is 17.7 Å². The van der Waals surface area contributed by atoms with Crippen molar-refractivity contribution >= 4 is 21.5 Å². The molecule has 0 spiro atoms. The summed E-state index contributed by atoms with van der Waals surface area (Å²) in [5, 5.41) is 48.3. The average molecular weight is 521 g/mol. The number of ether oxygens (including phenoxy) is 1. The van der Waals surface area contributed by atoms with Crippen molar-refractivity contribution in [2.24, 2.45) is 0 Å². The lowest BCUT2D eigenvalue weighted by Gasteiger charge is -2.27. The Morgan fingerprint density at radius 2 is 1.88 bits per heavy atom. The number of anilines is 1. The molecule has 190 valence electrons. The van der Waals surface area contributed by atoms with Crippen LogP contribution >= 0.6 is 15.6 Å². The summed E-state index contributed by atoms with van der Waals surface area (Å²) in [5.74, 6) is -0.106. The molecule has 0 amide bonds. The highest BCUT2D eigenvalue weighted by atomic mass is 31.3. The molecular weight excluding hydrogens is 496 g/mol. The molecule has 1 aliphatic heterocycles. The third-order valence-electron chi connectivity index (χ3n) is 4.50. The van der Waals surface area contributed by atoms with Crippen LogP contribution in [0.3, 0.4) is 0 Å². The largest absolute Gasteiger partial charge is 0.481 e. The second-order valence-corrected chi connectivity index (χ2v) is 10.3. The van der Waals surface area contributed by atoms with Gasteiger partial charge in [-0.3, -0.25) is 13.6 Å². The number of nitrogen functional groups attached to an aromatic ring is 1. The topological polar surface area (TPSA) is 274 Å². The van der Waals surface area contributed by atoms with E-state index in [4.69, 9.17) is 15.6 Å². The molecule has 0 aliphatic carbocycles. The zero-order valence-corrected chi connectivity index (χ0v) is 18.8. The van der Waals surface area contributed by atoms with Gasteiger partial charge in [0.05, 0.1) is 19.8 Å². The van der Waals surface area contributed by atoms with E-state index in [1.54, 1.807) is 0 Å². The van der Waals surface area contributed by atoms with E-state index in [2.05, 4.69) is 18.3 Å². The number of phosphoric ester groups is 2. The van der Waals surface area contributed by atoms with Gasteiger partial charge in [0.2, 0.25) is 0 Å². The van der Waals surface area contributed by atoms with Crippen LogP contribution < -0.4 is 11.4 Å². The van der Waals surface area contributed by atoms with Gasteiger partial charge < -0.3 is 45.8 Å². The van der Waals surface area contributed by atoms with Gasteiger partial charge in [0.25, 0.3) is 0 Å². The molecule has 9 N–H and O–H groups in total. The Hall–Kier alpha value is -1.30. The molecule has 1 saturated heterocycles. The minimum absolute atomic E-state index is 0.106. The lowest BCUT2D eigenvalue weighted by molar-refractivity contribution is -0.107. The Labute approximate surface area is 185 Å². The fourth-order valence-corrected chi connectivity index (χ4v) is 4.60. The van der Waals surface area contributed by atoms with Crippen molar-refractivity contribution in [3.05, 3.63) is 22.7 Å². The van der Waals surface area contributed by atoms with Crippen molar-refractivity contribution in [1.82, 2.24) is 9.55 Å². The summed E-state index contributed by atoms with van der Waals surface area (Å²) in [6, 6.07) is 1.22. The van der Waals surface area contributed by atoms with Gasteiger partial charge in [-0.2, -0.15) is 9.29 Å².